The average Bonchev–Trinajstić information content (AvgIpc) is 2.72. The van der Waals surface area contributed by atoms with Crippen LogP contribution in [0.2, 0.25) is 0 Å². The zero-order valence-electron chi connectivity index (χ0n) is 17.1. The second-order valence-corrected chi connectivity index (χ2v) is 8.66. The zero-order valence-corrected chi connectivity index (χ0v) is 17.9. The van der Waals surface area contributed by atoms with Gasteiger partial charge in [-0.2, -0.15) is 5.10 Å². The quantitative estimate of drug-likeness (QED) is 0.182. The second kappa shape index (κ2) is 8.94. The summed E-state index contributed by atoms with van der Waals surface area (Å²) in [6, 6.07) is 12.6. The van der Waals surface area contributed by atoms with Crippen LogP contribution in [0.25, 0.3) is 0 Å². The number of nitro benzene ring substituents is 1. The highest BCUT2D eigenvalue weighted by atomic mass is 32.2. The van der Waals surface area contributed by atoms with E-state index in [0.717, 1.165) is 17.2 Å². The van der Waals surface area contributed by atoms with Crippen molar-refractivity contribution in [3.8, 4) is 11.5 Å². The molecule has 0 heterocycles. The van der Waals surface area contributed by atoms with Crippen LogP contribution < -0.4 is 10.1 Å². The minimum Gasteiger partial charge on any atom is -0.504 e. The molecule has 166 valence electrons. The molecule has 32 heavy (non-hydrogen) atoms. The molecule has 0 amide bonds. The number of sulfonamides is 1. The summed E-state index contributed by atoms with van der Waals surface area (Å²) in [5.74, 6) is -0.636. The van der Waals surface area contributed by atoms with Gasteiger partial charge >= 0.3 is 0 Å². The van der Waals surface area contributed by atoms with Gasteiger partial charge in [0.25, 0.3) is 15.7 Å². The first-order valence-electron chi connectivity index (χ1n) is 9.26. The van der Waals surface area contributed by atoms with E-state index >= 15 is 0 Å². The van der Waals surface area contributed by atoms with Crippen molar-refractivity contribution >= 4 is 33.3 Å². The molecule has 0 atom stereocenters. The van der Waals surface area contributed by atoms with Gasteiger partial charge in [-0.3, -0.25) is 20.3 Å². The van der Waals surface area contributed by atoms with Crippen molar-refractivity contribution in [1.29, 1.82) is 0 Å². The number of phenols is 2. The Morgan fingerprint density at radius 1 is 0.969 bits per heavy atom. The fourth-order valence-corrected chi connectivity index (χ4v) is 4.00. The molecule has 0 fully saturated rings. The molecule has 10 nitrogen and oxygen atoms in total. The Labute approximate surface area is 184 Å². The van der Waals surface area contributed by atoms with E-state index in [4.69, 9.17) is 0 Å². The fraction of sp³-hybridized carbons (Fsp3) is 0.0952. The van der Waals surface area contributed by atoms with Gasteiger partial charge in [-0.15, -0.1) is 0 Å². The highest BCUT2D eigenvalue weighted by Crippen LogP contribution is 2.29. The van der Waals surface area contributed by atoms with Gasteiger partial charge < -0.3 is 10.2 Å². The Hall–Kier alpha value is -4.12. The van der Waals surface area contributed by atoms with Crippen molar-refractivity contribution in [2.45, 2.75) is 18.7 Å². The maximum atomic E-state index is 12.8. The Morgan fingerprint density at radius 3 is 2.34 bits per heavy atom. The molecule has 0 unspecified atom stereocenters. The monoisotopic (exact) mass is 456 g/mol. The second-order valence-electron chi connectivity index (χ2n) is 6.98. The standard InChI is InChI=1S/C21H20N4O6S/c1-13-3-6-17(14(2)9-13)24-32(30,31)16-5-7-18(19(11-16)25(28)29)23-22-12-15-4-8-20(26)21(27)10-15/h3-12,23-24,26-27H,1-2H3/b22-12+. The first kappa shape index (κ1) is 22.6. The molecular formula is C21H20N4O6S. The first-order valence-corrected chi connectivity index (χ1v) is 10.7. The van der Waals surface area contributed by atoms with Crippen LogP contribution in [0.3, 0.4) is 0 Å². The van der Waals surface area contributed by atoms with Crippen LogP contribution in [0, 0.1) is 24.0 Å². The molecule has 0 aliphatic rings. The number of rotatable bonds is 7. The van der Waals surface area contributed by atoms with Gasteiger partial charge in [0, 0.05) is 6.07 Å². The van der Waals surface area contributed by atoms with E-state index in [1.807, 2.05) is 13.0 Å². The molecule has 3 rings (SSSR count). The Morgan fingerprint density at radius 2 is 1.69 bits per heavy atom. The summed E-state index contributed by atoms with van der Waals surface area (Å²) < 4.78 is 28.0. The number of benzene rings is 3. The molecule has 0 aliphatic carbocycles. The summed E-state index contributed by atoms with van der Waals surface area (Å²) in [6.45, 7) is 3.64. The number of anilines is 2. The third kappa shape index (κ3) is 5.13. The number of hydrogen-bond donors (Lipinski definition) is 4. The smallest absolute Gasteiger partial charge is 0.295 e. The number of nitrogens with zero attached hydrogens (tertiary/aromatic N) is 2. The highest BCUT2D eigenvalue weighted by molar-refractivity contribution is 7.92. The number of nitrogens with one attached hydrogen (secondary N) is 2. The first-order chi connectivity index (χ1) is 15.1. The van der Waals surface area contributed by atoms with Gasteiger partial charge in [0.2, 0.25) is 0 Å². The molecule has 0 saturated carbocycles. The maximum Gasteiger partial charge on any atom is 0.295 e. The molecule has 0 saturated heterocycles. The number of hydrazone groups is 1. The number of aromatic hydroxyl groups is 2. The number of phenolic OH excluding ortho intramolecular Hbond substituents is 2. The van der Waals surface area contributed by atoms with E-state index in [1.54, 1.807) is 19.1 Å². The lowest BCUT2D eigenvalue weighted by Gasteiger charge is -2.12. The fourth-order valence-electron chi connectivity index (χ4n) is 2.85. The SMILES string of the molecule is Cc1ccc(NS(=O)(=O)c2ccc(N/N=C/c3ccc(O)c(O)c3)c([N+](=O)[O-])c2)c(C)c1. The highest BCUT2D eigenvalue weighted by Gasteiger charge is 2.22. The van der Waals surface area contributed by atoms with E-state index in [1.165, 1.54) is 36.5 Å². The summed E-state index contributed by atoms with van der Waals surface area (Å²) in [6.07, 6.45) is 1.27. The van der Waals surface area contributed by atoms with Crippen molar-refractivity contribution in [2.75, 3.05) is 10.1 Å². The molecule has 0 radical (unpaired) electrons. The van der Waals surface area contributed by atoms with Gasteiger partial charge in [0.15, 0.2) is 11.5 Å². The zero-order chi connectivity index (χ0) is 23.5. The van der Waals surface area contributed by atoms with E-state index in [0.29, 0.717) is 11.3 Å². The van der Waals surface area contributed by atoms with E-state index in [9.17, 15) is 28.7 Å². The predicted octanol–water partition coefficient (Wildman–Crippen LogP) is 3.87. The van der Waals surface area contributed by atoms with Gasteiger partial charge in [-0.1, -0.05) is 17.7 Å². The molecule has 0 aromatic heterocycles. The number of aryl methyl sites for hydroxylation is 2. The summed E-state index contributed by atoms with van der Waals surface area (Å²) in [7, 11) is -4.07. The van der Waals surface area contributed by atoms with Crippen molar-refractivity contribution in [1.82, 2.24) is 0 Å². The Kier molecular flexibility index (Phi) is 6.30. The molecule has 0 bridgehead atoms. The third-order valence-electron chi connectivity index (χ3n) is 4.50. The van der Waals surface area contributed by atoms with Crippen LogP contribution in [-0.4, -0.2) is 29.8 Å². The van der Waals surface area contributed by atoms with Crippen molar-refractivity contribution in [2.24, 2.45) is 5.10 Å². The van der Waals surface area contributed by atoms with Crippen molar-refractivity contribution in [3.63, 3.8) is 0 Å². The minimum atomic E-state index is -4.07. The van der Waals surface area contributed by atoms with Crippen LogP contribution in [0.15, 0.2) is 64.6 Å². The van der Waals surface area contributed by atoms with Gasteiger partial charge in [0.05, 0.1) is 21.7 Å². The predicted molar refractivity (Wildman–Crippen MR) is 121 cm³/mol. The Balaban J connectivity index is 1.85. The molecule has 4 N–H and O–H groups in total. The summed E-state index contributed by atoms with van der Waals surface area (Å²) in [4.78, 5) is 10.5. The number of hydrogen-bond acceptors (Lipinski definition) is 8. The van der Waals surface area contributed by atoms with Crippen LogP contribution in [0.5, 0.6) is 11.5 Å². The normalized spacial score (nSPS) is 11.4. The van der Waals surface area contributed by atoms with Crippen LogP contribution in [0.4, 0.5) is 17.1 Å². The lowest BCUT2D eigenvalue weighted by Crippen LogP contribution is -2.14. The lowest BCUT2D eigenvalue weighted by atomic mass is 10.1. The van der Waals surface area contributed by atoms with Gasteiger partial charge in [-0.05, 0) is 61.4 Å². The van der Waals surface area contributed by atoms with Crippen LogP contribution >= 0.6 is 0 Å². The van der Waals surface area contributed by atoms with E-state index in [-0.39, 0.29) is 22.1 Å². The Bertz CT molecular complexity index is 1320. The molecule has 0 spiro atoms. The third-order valence-corrected chi connectivity index (χ3v) is 5.86. The van der Waals surface area contributed by atoms with Crippen LogP contribution in [0.1, 0.15) is 16.7 Å². The van der Waals surface area contributed by atoms with Crippen molar-refractivity contribution in [3.05, 3.63) is 81.4 Å². The average molecular weight is 456 g/mol. The molecule has 3 aromatic rings. The van der Waals surface area contributed by atoms with E-state index in [2.05, 4.69) is 15.2 Å². The molecule has 0 aliphatic heterocycles. The lowest BCUT2D eigenvalue weighted by molar-refractivity contribution is -0.384. The largest absolute Gasteiger partial charge is 0.504 e. The number of nitro groups is 1. The van der Waals surface area contributed by atoms with Gasteiger partial charge in [-0.25, -0.2) is 8.42 Å². The van der Waals surface area contributed by atoms with Crippen LogP contribution in [-0.2, 0) is 10.0 Å². The summed E-state index contributed by atoms with van der Waals surface area (Å²) in [5.41, 5.74) is 4.47. The van der Waals surface area contributed by atoms with Crippen molar-refractivity contribution < 1.29 is 23.6 Å². The minimum absolute atomic E-state index is 0.0280. The topological polar surface area (TPSA) is 154 Å². The summed E-state index contributed by atoms with van der Waals surface area (Å²) in [5, 5.41) is 34.2. The maximum absolute atomic E-state index is 12.8. The molecular weight excluding hydrogens is 436 g/mol. The summed E-state index contributed by atoms with van der Waals surface area (Å²) >= 11 is 0. The van der Waals surface area contributed by atoms with Gasteiger partial charge in [0.1, 0.15) is 5.69 Å². The van der Waals surface area contributed by atoms with E-state index < -0.39 is 20.6 Å². The molecule has 3 aromatic carbocycles. The molecule has 11 heteroatoms.